The van der Waals surface area contributed by atoms with Crippen molar-refractivity contribution >= 4 is 27.8 Å². The molecule has 0 saturated carbocycles. The summed E-state index contributed by atoms with van der Waals surface area (Å²) in [6, 6.07) is 6.62. The first-order valence-electron chi connectivity index (χ1n) is 13.4. The van der Waals surface area contributed by atoms with E-state index >= 15 is 0 Å². The summed E-state index contributed by atoms with van der Waals surface area (Å²) in [4.78, 5) is 41.8. The number of piperidine rings is 2. The average Bonchev–Trinajstić information content (AvgIpc) is 2.87. The van der Waals surface area contributed by atoms with Crippen molar-refractivity contribution in [1.29, 1.82) is 0 Å². The lowest BCUT2D eigenvalue weighted by atomic mass is 9.71. The van der Waals surface area contributed by atoms with Gasteiger partial charge in [0, 0.05) is 45.6 Å². The Kier molecular flexibility index (Phi) is 9.94. The van der Waals surface area contributed by atoms with Crippen LogP contribution >= 0.6 is 0 Å². The number of amides is 2. The zero-order chi connectivity index (χ0) is 28.0. The van der Waals surface area contributed by atoms with Crippen LogP contribution in [0, 0.1) is 5.41 Å². The first-order chi connectivity index (χ1) is 17.8. The standard InChI is InChI=1S/C27H42N4O6S/c1-26(2,3)37-25(34)22(29-38(35,36)21-7-5-4-6-8-21)9-10-23(32)30-17-12-27(13-18-30)14-19-31(20-15-27)24(33)11-16-28/h4-8,22,29H,9-20,28H2,1-3H3. The number of rotatable bonds is 9. The second-order valence-corrected chi connectivity index (χ2v) is 13.1. The molecule has 2 fully saturated rings. The second kappa shape index (κ2) is 12.6. The fourth-order valence-electron chi connectivity index (χ4n) is 5.12. The normalized spacial score (nSPS) is 18.7. The van der Waals surface area contributed by atoms with Gasteiger partial charge < -0.3 is 20.3 Å². The Morgan fingerprint density at radius 1 is 0.947 bits per heavy atom. The average molecular weight is 551 g/mol. The quantitative estimate of drug-likeness (QED) is 0.449. The van der Waals surface area contributed by atoms with Crippen molar-refractivity contribution in [3.8, 4) is 0 Å². The number of nitrogens with two attached hydrogens (primary N) is 1. The van der Waals surface area contributed by atoms with Gasteiger partial charge in [-0.05, 0) is 70.4 Å². The van der Waals surface area contributed by atoms with E-state index in [4.69, 9.17) is 10.5 Å². The first-order valence-corrected chi connectivity index (χ1v) is 14.9. The van der Waals surface area contributed by atoms with Crippen LogP contribution in [0.15, 0.2) is 35.2 Å². The molecule has 3 rings (SSSR count). The van der Waals surface area contributed by atoms with Crippen LogP contribution in [0.25, 0.3) is 0 Å². The van der Waals surface area contributed by atoms with E-state index in [1.54, 1.807) is 43.9 Å². The molecule has 1 aromatic rings. The Bertz CT molecular complexity index is 1070. The Morgan fingerprint density at radius 2 is 1.45 bits per heavy atom. The molecule has 1 atom stereocenters. The summed E-state index contributed by atoms with van der Waals surface area (Å²) in [6.45, 7) is 8.17. The third-order valence-corrected chi connectivity index (χ3v) is 8.89. The number of benzene rings is 1. The molecule has 212 valence electrons. The number of hydrogen-bond acceptors (Lipinski definition) is 7. The van der Waals surface area contributed by atoms with Crippen LogP contribution in [-0.4, -0.2) is 80.4 Å². The van der Waals surface area contributed by atoms with Gasteiger partial charge in [-0.25, -0.2) is 8.42 Å². The van der Waals surface area contributed by atoms with Crippen LogP contribution in [0.1, 0.15) is 65.7 Å². The number of hydrogen-bond donors (Lipinski definition) is 2. The third kappa shape index (κ3) is 8.25. The Balaban J connectivity index is 1.56. The minimum Gasteiger partial charge on any atom is -0.459 e. The second-order valence-electron chi connectivity index (χ2n) is 11.4. The van der Waals surface area contributed by atoms with Crippen molar-refractivity contribution in [3.63, 3.8) is 0 Å². The summed E-state index contributed by atoms with van der Waals surface area (Å²) in [6.07, 6.45) is 3.98. The third-order valence-electron chi connectivity index (χ3n) is 7.40. The monoisotopic (exact) mass is 550 g/mol. The highest BCUT2D eigenvalue weighted by Gasteiger charge is 2.39. The number of sulfonamides is 1. The summed E-state index contributed by atoms with van der Waals surface area (Å²) in [7, 11) is -3.98. The van der Waals surface area contributed by atoms with E-state index in [0.29, 0.717) is 26.1 Å². The van der Waals surface area contributed by atoms with Crippen molar-refractivity contribution in [1.82, 2.24) is 14.5 Å². The number of nitrogens with one attached hydrogen (secondary N) is 1. The molecule has 2 heterocycles. The highest BCUT2D eigenvalue weighted by molar-refractivity contribution is 7.89. The number of ether oxygens (including phenoxy) is 1. The van der Waals surface area contributed by atoms with E-state index in [0.717, 1.165) is 38.8 Å². The predicted molar refractivity (Wildman–Crippen MR) is 143 cm³/mol. The molecule has 1 spiro atoms. The Morgan fingerprint density at radius 3 is 1.92 bits per heavy atom. The summed E-state index contributed by atoms with van der Waals surface area (Å²) in [5.74, 6) is -0.710. The molecule has 0 aromatic heterocycles. The highest BCUT2D eigenvalue weighted by atomic mass is 32.2. The van der Waals surface area contributed by atoms with E-state index in [1.165, 1.54) is 12.1 Å². The predicted octanol–water partition coefficient (Wildman–Crippen LogP) is 2.04. The van der Waals surface area contributed by atoms with Crippen molar-refractivity contribution in [2.24, 2.45) is 11.1 Å². The maximum Gasteiger partial charge on any atom is 0.324 e. The van der Waals surface area contributed by atoms with Crippen LogP contribution in [0.2, 0.25) is 0 Å². The molecule has 3 N–H and O–H groups in total. The molecule has 0 aliphatic carbocycles. The van der Waals surface area contributed by atoms with Gasteiger partial charge in [-0.3, -0.25) is 14.4 Å². The SMILES string of the molecule is CC(C)(C)OC(=O)C(CCC(=O)N1CCC2(CCN(C(=O)CCN)CC2)CC1)NS(=O)(=O)c1ccccc1. The van der Waals surface area contributed by atoms with E-state index < -0.39 is 27.6 Å². The van der Waals surface area contributed by atoms with Crippen molar-refractivity contribution in [2.45, 2.75) is 82.3 Å². The molecule has 38 heavy (non-hydrogen) atoms. The van der Waals surface area contributed by atoms with E-state index in [1.807, 2.05) is 4.90 Å². The maximum absolute atomic E-state index is 13.1. The van der Waals surface area contributed by atoms with Gasteiger partial charge in [-0.15, -0.1) is 0 Å². The van der Waals surface area contributed by atoms with Gasteiger partial charge in [0.15, 0.2) is 0 Å². The number of nitrogens with zero attached hydrogens (tertiary/aromatic N) is 2. The van der Waals surface area contributed by atoms with Crippen molar-refractivity contribution in [2.75, 3.05) is 32.7 Å². The van der Waals surface area contributed by atoms with Gasteiger partial charge in [0.1, 0.15) is 11.6 Å². The molecule has 1 aromatic carbocycles. The zero-order valence-electron chi connectivity index (χ0n) is 22.8. The zero-order valence-corrected chi connectivity index (χ0v) is 23.6. The lowest BCUT2D eigenvalue weighted by molar-refractivity contribution is -0.157. The fourth-order valence-corrected chi connectivity index (χ4v) is 6.36. The molecule has 11 heteroatoms. The number of carbonyl (C=O) groups is 3. The van der Waals surface area contributed by atoms with E-state index in [2.05, 4.69) is 4.72 Å². The lowest BCUT2D eigenvalue weighted by Gasteiger charge is -2.47. The minimum absolute atomic E-state index is 0.000330. The summed E-state index contributed by atoms with van der Waals surface area (Å²) in [5, 5.41) is 0. The van der Waals surface area contributed by atoms with Crippen LogP contribution < -0.4 is 10.5 Å². The van der Waals surface area contributed by atoms with Gasteiger partial charge in [0.05, 0.1) is 4.90 Å². The van der Waals surface area contributed by atoms with Gasteiger partial charge in [-0.1, -0.05) is 18.2 Å². The van der Waals surface area contributed by atoms with Crippen LogP contribution in [0.5, 0.6) is 0 Å². The Hall–Kier alpha value is -2.50. The summed E-state index contributed by atoms with van der Waals surface area (Å²) >= 11 is 0. The van der Waals surface area contributed by atoms with Gasteiger partial charge in [0.2, 0.25) is 21.8 Å². The molecule has 2 amide bonds. The highest BCUT2D eigenvalue weighted by Crippen LogP contribution is 2.41. The van der Waals surface area contributed by atoms with Crippen molar-refractivity contribution < 1.29 is 27.5 Å². The number of esters is 1. The summed E-state index contributed by atoms with van der Waals surface area (Å²) in [5.41, 5.74) is 4.85. The molecule has 1 unspecified atom stereocenters. The van der Waals surface area contributed by atoms with Crippen LogP contribution in [0.4, 0.5) is 0 Å². The maximum atomic E-state index is 13.1. The van der Waals surface area contributed by atoms with Gasteiger partial charge in [-0.2, -0.15) is 4.72 Å². The van der Waals surface area contributed by atoms with Gasteiger partial charge >= 0.3 is 5.97 Å². The van der Waals surface area contributed by atoms with Crippen LogP contribution in [-0.2, 0) is 29.1 Å². The smallest absolute Gasteiger partial charge is 0.324 e. The van der Waals surface area contributed by atoms with Crippen molar-refractivity contribution in [3.05, 3.63) is 30.3 Å². The van der Waals surface area contributed by atoms with E-state index in [-0.39, 0.29) is 35.0 Å². The lowest BCUT2D eigenvalue weighted by Crippen LogP contribution is -2.50. The molecule has 2 aliphatic heterocycles. The molecule has 2 saturated heterocycles. The molecule has 2 aliphatic rings. The first kappa shape index (κ1) is 30.0. The largest absolute Gasteiger partial charge is 0.459 e. The molecule has 0 bridgehead atoms. The Labute approximate surface area is 226 Å². The topological polar surface area (TPSA) is 139 Å². The fraction of sp³-hybridized carbons (Fsp3) is 0.667. The molecular weight excluding hydrogens is 508 g/mol. The van der Waals surface area contributed by atoms with Crippen LogP contribution in [0.3, 0.4) is 0 Å². The number of likely N-dealkylation sites (tertiary alicyclic amines) is 2. The molecular formula is C27H42N4O6S. The minimum atomic E-state index is -3.98. The number of carbonyl (C=O) groups excluding carboxylic acids is 3. The molecule has 10 nitrogen and oxygen atoms in total. The van der Waals surface area contributed by atoms with Gasteiger partial charge in [0.25, 0.3) is 0 Å². The molecule has 0 radical (unpaired) electrons. The van der Waals surface area contributed by atoms with E-state index in [9.17, 15) is 22.8 Å². The summed E-state index contributed by atoms with van der Waals surface area (Å²) < 4.78 is 33.7.